The van der Waals surface area contributed by atoms with Gasteiger partial charge in [0, 0.05) is 50.6 Å². The Balaban J connectivity index is 1.43. The van der Waals surface area contributed by atoms with Crippen LogP contribution in [0.1, 0.15) is 39.0 Å². The van der Waals surface area contributed by atoms with E-state index in [0.717, 1.165) is 93.1 Å². The molecule has 9 nitrogen and oxygen atoms in total. The number of piperazine rings is 1. The molecule has 0 unspecified atom stereocenters. The van der Waals surface area contributed by atoms with Crippen LogP contribution in [-0.2, 0) is 0 Å². The van der Waals surface area contributed by atoms with E-state index in [4.69, 9.17) is 9.97 Å². The summed E-state index contributed by atoms with van der Waals surface area (Å²) in [4.78, 5) is 22.5. The molecule has 4 N–H and O–H groups in total. The standard InChI is InChI=1S/C25H36N8O/c1-3-10-26-25-27-16-20(23(31-25)28-17-4-7-19(34)8-5-17)24-29-21-9-6-18(15-22(21)30-24)33-13-11-32(2)12-14-33/h6,9,15-17,19,34H,3-5,7-8,10-14H2,1-2H3,(H,29,30)(H2,26,27,28,31). The molecule has 1 aliphatic heterocycles. The van der Waals surface area contributed by atoms with Crippen molar-refractivity contribution in [2.24, 2.45) is 0 Å². The van der Waals surface area contributed by atoms with Crippen molar-refractivity contribution in [2.75, 3.05) is 55.3 Å². The Hall–Kier alpha value is -2.91. The van der Waals surface area contributed by atoms with Gasteiger partial charge in [-0.15, -0.1) is 0 Å². The van der Waals surface area contributed by atoms with E-state index in [1.54, 1.807) is 0 Å². The van der Waals surface area contributed by atoms with Crippen LogP contribution in [0.3, 0.4) is 0 Å². The number of benzene rings is 1. The van der Waals surface area contributed by atoms with Gasteiger partial charge in [-0.3, -0.25) is 0 Å². The number of fused-ring (bicyclic) bond motifs is 1. The molecule has 0 amide bonds. The first-order chi connectivity index (χ1) is 16.6. The van der Waals surface area contributed by atoms with Gasteiger partial charge in [0.1, 0.15) is 11.6 Å². The third-order valence-electron chi connectivity index (χ3n) is 6.95. The lowest BCUT2D eigenvalue weighted by Gasteiger charge is -2.34. The number of aliphatic hydroxyl groups is 1. The van der Waals surface area contributed by atoms with Crippen molar-refractivity contribution in [1.29, 1.82) is 0 Å². The predicted octanol–water partition coefficient (Wildman–Crippen LogP) is 3.31. The summed E-state index contributed by atoms with van der Waals surface area (Å²) in [5, 5.41) is 16.8. The first kappa shape index (κ1) is 22.9. The van der Waals surface area contributed by atoms with Crippen molar-refractivity contribution < 1.29 is 5.11 Å². The molecule has 1 saturated heterocycles. The van der Waals surface area contributed by atoms with E-state index in [1.165, 1.54) is 5.69 Å². The molecule has 2 aliphatic rings. The van der Waals surface area contributed by atoms with Crippen LogP contribution >= 0.6 is 0 Å². The van der Waals surface area contributed by atoms with Gasteiger partial charge in [0.25, 0.3) is 0 Å². The Bertz CT molecular complexity index is 1100. The number of hydrogen-bond donors (Lipinski definition) is 4. The highest BCUT2D eigenvalue weighted by molar-refractivity contribution is 5.84. The first-order valence-corrected chi connectivity index (χ1v) is 12.6. The molecule has 0 bridgehead atoms. The molecule has 0 spiro atoms. The zero-order valence-electron chi connectivity index (χ0n) is 20.2. The van der Waals surface area contributed by atoms with Crippen molar-refractivity contribution in [3.05, 3.63) is 24.4 Å². The van der Waals surface area contributed by atoms with E-state index in [-0.39, 0.29) is 12.1 Å². The van der Waals surface area contributed by atoms with Gasteiger partial charge in [-0.25, -0.2) is 9.97 Å². The Kier molecular flexibility index (Phi) is 6.82. The van der Waals surface area contributed by atoms with Gasteiger partial charge in [0.15, 0.2) is 0 Å². The SMILES string of the molecule is CCCNc1ncc(-c2nc3ccc(N4CCN(C)CC4)cc3[nH]2)c(NC2CCC(O)CC2)n1. The zero-order valence-corrected chi connectivity index (χ0v) is 20.2. The zero-order chi connectivity index (χ0) is 23.5. The quantitative estimate of drug-likeness (QED) is 0.422. The molecule has 5 rings (SSSR count). The fourth-order valence-electron chi connectivity index (χ4n) is 4.79. The lowest BCUT2D eigenvalue weighted by molar-refractivity contribution is 0.126. The van der Waals surface area contributed by atoms with Crippen molar-refractivity contribution >= 4 is 28.5 Å². The number of nitrogens with one attached hydrogen (secondary N) is 3. The van der Waals surface area contributed by atoms with Gasteiger partial charge in [-0.05, 0) is 57.4 Å². The fraction of sp³-hybridized carbons (Fsp3) is 0.560. The van der Waals surface area contributed by atoms with E-state index < -0.39 is 0 Å². The molecule has 9 heteroatoms. The topological polar surface area (TPSA) is 105 Å². The van der Waals surface area contributed by atoms with Gasteiger partial charge < -0.3 is 30.5 Å². The van der Waals surface area contributed by atoms with Crippen LogP contribution in [0.4, 0.5) is 17.5 Å². The molecule has 34 heavy (non-hydrogen) atoms. The van der Waals surface area contributed by atoms with Crippen molar-refractivity contribution in [3.63, 3.8) is 0 Å². The maximum absolute atomic E-state index is 9.89. The normalized spacial score (nSPS) is 21.7. The second kappa shape index (κ2) is 10.1. The Labute approximate surface area is 201 Å². The van der Waals surface area contributed by atoms with E-state index >= 15 is 0 Å². The van der Waals surface area contributed by atoms with E-state index in [9.17, 15) is 5.11 Å². The van der Waals surface area contributed by atoms with E-state index in [1.807, 2.05) is 6.20 Å². The third-order valence-corrected chi connectivity index (χ3v) is 6.95. The number of hydrogen-bond acceptors (Lipinski definition) is 8. The number of aromatic amines is 1. The molecule has 1 aliphatic carbocycles. The number of H-pyrrole nitrogens is 1. The minimum absolute atomic E-state index is 0.186. The number of imidazole rings is 1. The molecule has 1 aromatic carbocycles. The summed E-state index contributed by atoms with van der Waals surface area (Å²) in [6.45, 7) is 7.18. The summed E-state index contributed by atoms with van der Waals surface area (Å²) in [6.07, 6.45) is 6.16. The molecule has 2 aromatic heterocycles. The lowest BCUT2D eigenvalue weighted by Crippen LogP contribution is -2.44. The second-order valence-corrected chi connectivity index (χ2v) is 9.61. The Morgan fingerprint density at radius 3 is 2.65 bits per heavy atom. The number of anilines is 3. The van der Waals surface area contributed by atoms with Crippen molar-refractivity contribution in [3.8, 4) is 11.4 Å². The molecular weight excluding hydrogens is 428 g/mol. The molecule has 0 atom stereocenters. The monoisotopic (exact) mass is 464 g/mol. The molecule has 2 fully saturated rings. The molecular formula is C25H36N8O. The number of likely N-dealkylation sites (N-methyl/N-ethyl adjacent to an activating group) is 1. The summed E-state index contributed by atoms with van der Waals surface area (Å²) in [6, 6.07) is 6.74. The third kappa shape index (κ3) is 5.10. The van der Waals surface area contributed by atoms with Crippen molar-refractivity contribution in [2.45, 2.75) is 51.2 Å². The minimum Gasteiger partial charge on any atom is -0.393 e. The fourth-order valence-corrected chi connectivity index (χ4v) is 4.79. The van der Waals surface area contributed by atoms with Gasteiger partial charge in [0.05, 0.1) is 22.7 Å². The molecule has 0 radical (unpaired) electrons. The van der Waals surface area contributed by atoms with Crippen LogP contribution < -0.4 is 15.5 Å². The van der Waals surface area contributed by atoms with Crippen LogP contribution in [-0.4, -0.2) is 81.9 Å². The second-order valence-electron chi connectivity index (χ2n) is 9.61. The maximum Gasteiger partial charge on any atom is 0.224 e. The smallest absolute Gasteiger partial charge is 0.224 e. The largest absolute Gasteiger partial charge is 0.393 e. The van der Waals surface area contributed by atoms with Gasteiger partial charge in [-0.1, -0.05) is 6.92 Å². The van der Waals surface area contributed by atoms with Gasteiger partial charge >= 0.3 is 0 Å². The van der Waals surface area contributed by atoms with Gasteiger partial charge in [0.2, 0.25) is 5.95 Å². The lowest BCUT2D eigenvalue weighted by atomic mass is 9.93. The minimum atomic E-state index is -0.186. The highest BCUT2D eigenvalue weighted by atomic mass is 16.3. The van der Waals surface area contributed by atoms with Gasteiger partial charge in [-0.2, -0.15) is 4.98 Å². The molecule has 3 heterocycles. The number of nitrogens with zero attached hydrogens (tertiary/aromatic N) is 5. The maximum atomic E-state index is 9.89. The Morgan fingerprint density at radius 2 is 1.88 bits per heavy atom. The van der Waals surface area contributed by atoms with E-state index in [2.05, 4.69) is 62.6 Å². The summed E-state index contributed by atoms with van der Waals surface area (Å²) in [7, 11) is 2.17. The molecule has 182 valence electrons. The number of rotatable bonds is 7. The number of aliphatic hydroxyl groups excluding tert-OH is 1. The highest BCUT2D eigenvalue weighted by Crippen LogP contribution is 2.31. The van der Waals surface area contributed by atoms with Crippen LogP contribution in [0.15, 0.2) is 24.4 Å². The predicted molar refractivity (Wildman–Crippen MR) is 137 cm³/mol. The first-order valence-electron chi connectivity index (χ1n) is 12.6. The average Bonchev–Trinajstić information content (AvgIpc) is 3.28. The highest BCUT2D eigenvalue weighted by Gasteiger charge is 2.22. The summed E-state index contributed by atoms with van der Waals surface area (Å²) in [5.41, 5.74) is 4.05. The van der Waals surface area contributed by atoms with Crippen LogP contribution in [0.25, 0.3) is 22.4 Å². The molecule has 3 aromatic rings. The van der Waals surface area contributed by atoms with Crippen LogP contribution in [0.5, 0.6) is 0 Å². The van der Waals surface area contributed by atoms with Crippen molar-refractivity contribution in [1.82, 2.24) is 24.8 Å². The number of aromatic nitrogens is 4. The summed E-state index contributed by atoms with van der Waals surface area (Å²) in [5.74, 6) is 2.18. The van der Waals surface area contributed by atoms with Crippen LogP contribution in [0.2, 0.25) is 0 Å². The van der Waals surface area contributed by atoms with E-state index in [0.29, 0.717) is 5.95 Å². The van der Waals surface area contributed by atoms with Crippen LogP contribution in [0, 0.1) is 0 Å². The average molecular weight is 465 g/mol. The molecule has 1 saturated carbocycles. The summed E-state index contributed by atoms with van der Waals surface area (Å²) >= 11 is 0. The summed E-state index contributed by atoms with van der Waals surface area (Å²) < 4.78 is 0. The Morgan fingerprint density at radius 1 is 1.09 bits per heavy atom.